The van der Waals surface area contributed by atoms with Gasteiger partial charge in [-0.2, -0.15) is 4.31 Å². The first-order valence-electron chi connectivity index (χ1n) is 13.8. The Morgan fingerprint density at radius 3 is 2.36 bits per heavy atom. The molecule has 1 aromatic carbocycles. The van der Waals surface area contributed by atoms with Gasteiger partial charge in [0, 0.05) is 38.8 Å². The third-order valence-electron chi connectivity index (χ3n) is 7.72. The van der Waals surface area contributed by atoms with E-state index >= 15 is 0 Å². The number of hydrogen-bond donors (Lipinski definition) is 0. The second-order valence-electron chi connectivity index (χ2n) is 13.2. The monoisotopic (exact) mass is 593 g/mol. The summed E-state index contributed by atoms with van der Waals surface area (Å²) in [6.45, 7) is 21.1. The van der Waals surface area contributed by atoms with Gasteiger partial charge in [0.25, 0.3) is 0 Å². The molecule has 3 rings (SSSR count). The van der Waals surface area contributed by atoms with Crippen molar-refractivity contribution < 1.29 is 22.4 Å². The van der Waals surface area contributed by atoms with Gasteiger partial charge < -0.3 is 19.0 Å². The zero-order chi connectivity index (χ0) is 29.2. The second-order valence-corrected chi connectivity index (χ2v) is 24.7. The summed E-state index contributed by atoms with van der Waals surface area (Å²) < 4.78 is 40.1. The minimum atomic E-state index is -3.88. The van der Waals surface area contributed by atoms with Crippen molar-refractivity contribution in [1.29, 1.82) is 0 Å². The quantitative estimate of drug-likeness (QED) is 0.351. The van der Waals surface area contributed by atoms with Crippen molar-refractivity contribution in [3.8, 4) is 11.5 Å². The van der Waals surface area contributed by atoms with Crippen LogP contribution < -0.4 is 4.90 Å². The number of likely N-dealkylation sites (N-methyl/N-ethyl adjacent to an activating group) is 1. The van der Waals surface area contributed by atoms with Gasteiger partial charge in [0.2, 0.25) is 15.9 Å². The number of carbonyl (C=O) groups is 1. The van der Waals surface area contributed by atoms with Crippen LogP contribution in [0.3, 0.4) is 0 Å². The summed E-state index contributed by atoms with van der Waals surface area (Å²) in [4.78, 5) is 16.8. The van der Waals surface area contributed by atoms with Gasteiger partial charge in [-0.3, -0.25) is 4.79 Å². The molecular weight excluding hydrogens is 547 g/mol. The number of amides is 1. The van der Waals surface area contributed by atoms with Gasteiger partial charge in [0.15, 0.2) is 8.32 Å². The van der Waals surface area contributed by atoms with E-state index in [-0.39, 0.29) is 28.5 Å². The summed E-state index contributed by atoms with van der Waals surface area (Å²) in [6, 6.07) is 5.19. The number of carbonyl (C=O) groups excluding carboxylic acids is 1. The Bertz CT molecular complexity index is 1210. The minimum Gasteiger partial charge on any atom is -0.412 e. The maximum absolute atomic E-state index is 13.5. The largest absolute Gasteiger partial charge is 0.412 e. The van der Waals surface area contributed by atoms with Crippen molar-refractivity contribution >= 4 is 38.0 Å². The van der Waals surface area contributed by atoms with Gasteiger partial charge in [0.05, 0.1) is 36.4 Å². The molecule has 2 aliphatic heterocycles. The smallest absolute Gasteiger partial charge is 0.243 e. The summed E-state index contributed by atoms with van der Waals surface area (Å²) >= 11 is 0. The van der Waals surface area contributed by atoms with Gasteiger partial charge in [-0.1, -0.05) is 46.3 Å². The predicted molar refractivity (Wildman–Crippen MR) is 163 cm³/mol. The second kappa shape index (κ2) is 12.0. The lowest BCUT2D eigenvalue weighted by molar-refractivity contribution is -0.135. The lowest BCUT2D eigenvalue weighted by Crippen LogP contribution is -2.46. The molecule has 2 heterocycles. The fourth-order valence-electron chi connectivity index (χ4n) is 4.31. The lowest BCUT2D eigenvalue weighted by Gasteiger charge is -2.38. The molecule has 39 heavy (non-hydrogen) atoms. The first-order chi connectivity index (χ1) is 17.9. The molecule has 1 amide bonds. The standard InChI is InChI=1S/C28H47N3O5SSi2/c1-28(2,3)39(8,9)36-24-12-14-31(21-24)26-11-10-25(20-23(26)13-19-38(5,6)7)37(33,34)29(4)22-27(32)30-15-17-35-18-16-30/h10-11,20,24H,12,14-18,21-22H2,1-9H3/t24-/m1/s1. The zero-order valence-electron chi connectivity index (χ0n) is 25.3. The maximum Gasteiger partial charge on any atom is 0.243 e. The summed E-state index contributed by atoms with van der Waals surface area (Å²) in [5.41, 5.74) is 5.06. The summed E-state index contributed by atoms with van der Waals surface area (Å²) in [5, 5.41) is 0.138. The number of benzene rings is 1. The molecule has 11 heteroatoms. The van der Waals surface area contributed by atoms with Gasteiger partial charge in [-0.05, 0) is 42.8 Å². The van der Waals surface area contributed by atoms with Crippen molar-refractivity contribution in [2.24, 2.45) is 0 Å². The van der Waals surface area contributed by atoms with E-state index in [0.29, 0.717) is 31.9 Å². The van der Waals surface area contributed by atoms with Crippen molar-refractivity contribution in [2.45, 2.75) is 76.0 Å². The molecule has 0 bridgehead atoms. The maximum atomic E-state index is 13.5. The predicted octanol–water partition coefficient (Wildman–Crippen LogP) is 4.00. The highest BCUT2D eigenvalue weighted by Crippen LogP contribution is 2.39. The Labute approximate surface area is 238 Å². The first-order valence-corrected chi connectivity index (χ1v) is 21.7. The summed E-state index contributed by atoms with van der Waals surface area (Å²) in [5.74, 6) is 3.11. The van der Waals surface area contributed by atoms with Crippen LogP contribution >= 0.6 is 0 Å². The Morgan fingerprint density at radius 2 is 1.77 bits per heavy atom. The zero-order valence-corrected chi connectivity index (χ0v) is 28.1. The molecule has 218 valence electrons. The molecule has 0 N–H and O–H groups in total. The van der Waals surface area contributed by atoms with E-state index in [1.807, 2.05) is 6.07 Å². The number of morpholine rings is 1. The fourth-order valence-corrected chi connectivity index (χ4v) is 7.35. The molecule has 0 aliphatic carbocycles. The van der Waals surface area contributed by atoms with Crippen LogP contribution in [0.1, 0.15) is 32.8 Å². The highest BCUT2D eigenvalue weighted by molar-refractivity contribution is 7.89. The van der Waals surface area contributed by atoms with Crippen molar-refractivity contribution in [2.75, 3.05) is 57.9 Å². The van der Waals surface area contributed by atoms with Crippen LogP contribution in [0, 0.1) is 11.5 Å². The molecule has 2 fully saturated rings. The SMILES string of the molecule is CN(CC(=O)N1CCOCC1)S(=O)(=O)c1ccc(N2CC[C@@H](O[Si](C)(C)C(C)(C)C)C2)c(C#C[Si](C)(C)C)c1. The van der Waals surface area contributed by atoms with Gasteiger partial charge >= 0.3 is 0 Å². The molecule has 0 saturated carbocycles. The topological polar surface area (TPSA) is 79.4 Å². The van der Waals surface area contributed by atoms with Gasteiger partial charge in [-0.15, -0.1) is 5.54 Å². The van der Waals surface area contributed by atoms with E-state index in [9.17, 15) is 13.2 Å². The molecular formula is C28H47N3O5SSi2. The Kier molecular flexibility index (Phi) is 9.83. The Balaban J connectivity index is 1.86. The van der Waals surface area contributed by atoms with Crippen molar-refractivity contribution in [3.05, 3.63) is 23.8 Å². The van der Waals surface area contributed by atoms with Crippen LogP contribution in [-0.2, 0) is 24.0 Å². The molecule has 0 unspecified atom stereocenters. The lowest BCUT2D eigenvalue weighted by atomic mass is 10.1. The minimum absolute atomic E-state index is 0.138. The number of ether oxygens (including phenoxy) is 1. The Hall–Kier alpha value is -1.69. The van der Waals surface area contributed by atoms with Crippen LogP contribution in [0.4, 0.5) is 5.69 Å². The average Bonchev–Trinajstić information content (AvgIpc) is 3.29. The third kappa shape index (κ3) is 8.18. The van der Waals surface area contributed by atoms with E-state index in [1.165, 1.54) is 7.05 Å². The van der Waals surface area contributed by atoms with Crippen LogP contribution in [-0.4, -0.2) is 99.0 Å². The van der Waals surface area contributed by atoms with Crippen LogP contribution in [0.25, 0.3) is 0 Å². The normalized spacial score (nSPS) is 19.3. The first kappa shape index (κ1) is 31.8. The summed E-state index contributed by atoms with van der Waals surface area (Å²) in [7, 11) is -6.04. The van der Waals surface area contributed by atoms with Crippen LogP contribution in [0.15, 0.2) is 23.1 Å². The number of nitrogens with zero attached hydrogens (tertiary/aromatic N) is 3. The molecule has 2 aliphatic rings. The van der Waals surface area contributed by atoms with Crippen molar-refractivity contribution in [1.82, 2.24) is 9.21 Å². The number of rotatable bonds is 7. The average molecular weight is 594 g/mol. The van der Waals surface area contributed by atoms with E-state index in [4.69, 9.17) is 9.16 Å². The Morgan fingerprint density at radius 1 is 1.13 bits per heavy atom. The van der Waals surface area contributed by atoms with Crippen molar-refractivity contribution in [3.63, 3.8) is 0 Å². The van der Waals surface area contributed by atoms with Crippen LogP contribution in [0.5, 0.6) is 0 Å². The highest BCUT2D eigenvalue weighted by Gasteiger charge is 2.40. The molecule has 1 atom stereocenters. The molecule has 0 aromatic heterocycles. The van der Waals surface area contributed by atoms with E-state index in [2.05, 4.69) is 69.9 Å². The van der Waals surface area contributed by atoms with E-state index in [0.717, 1.165) is 29.5 Å². The highest BCUT2D eigenvalue weighted by atomic mass is 32.2. The van der Waals surface area contributed by atoms with E-state index in [1.54, 1.807) is 17.0 Å². The van der Waals surface area contributed by atoms with E-state index < -0.39 is 26.4 Å². The fraction of sp³-hybridized carbons (Fsp3) is 0.679. The van der Waals surface area contributed by atoms with Gasteiger partial charge in [0.1, 0.15) is 8.07 Å². The van der Waals surface area contributed by atoms with Crippen LogP contribution in [0.2, 0.25) is 37.8 Å². The number of hydrogen-bond acceptors (Lipinski definition) is 6. The molecule has 0 spiro atoms. The van der Waals surface area contributed by atoms with Gasteiger partial charge in [-0.25, -0.2) is 8.42 Å². The molecule has 2 saturated heterocycles. The molecule has 8 nitrogen and oxygen atoms in total. The summed E-state index contributed by atoms with van der Waals surface area (Å²) in [6.07, 6.45) is 1.07. The molecule has 1 aromatic rings. The number of anilines is 1. The number of sulfonamides is 1. The third-order valence-corrected chi connectivity index (χ3v) is 14.9. The molecule has 0 radical (unpaired) electrons.